The number of allylic oxidation sites excluding steroid dienone is 2. The topological polar surface area (TPSA) is 0 Å². The van der Waals surface area contributed by atoms with Gasteiger partial charge >= 0.3 is 380 Å². The number of aryl methyl sites for hydroxylation is 8. The van der Waals surface area contributed by atoms with Gasteiger partial charge in [0.1, 0.15) is 0 Å². The van der Waals surface area contributed by atoms with Crippen molar-refractivity contribution in [2.24, 2.45) is 10.8 Å². The Balaban J connectivity index is 0.00000340. The predicted octanol–water partition coefficient (Wildman–Crippen LogP) is 17.7. The van der Waals surface area contributed by atoms with Crippen LogP contribution in [0.4, 0.5) is 0 Å². The summed E-state index contributed by atoms with van der Waals surface area (Å²) in [4.78, 5) is 0. The van der Waals surface area contributed by atoms with E-state index >= 15 is 0 Å². The van der Waals surface area contributed by atoms with Crippen molar-refractivity contribution in [2.45, 2.75) is 113 Å². The quantitative estimate of drug-likeness (QED) is 0.146. The molecular weight excluding hydrogens is 911 g/mol. The van der Waals surface area contributed by atoms with Gasteiger partial charge in [-0.25, -0.2) is 0 Å². The summed E-state index contributed by atoms with van der Waals surface area (Å²) >= 11 is -4.37. The monoisotopic (exact) mass is 980 g/mol. The van der Waals surface area contributed by atoms with Crippen molar-refractivity contribution in [1.29, 1.82) is 0 Å². The van der Waals surface area contributed by atoms with Crippen molar-refractivity contribution in [1.82, 2.24) is 0 Å². The molecule has 0 saturated carbocycles. The molecule has 0 saturated heterocycles. The zero-order valence-electron chi connectivity index (χ0n) is 41.6. The van der Waals surface area contributed by atoms with Crippen molar-refractivity contribution in [2.75, 3.05) is 0 Å². The molecule has 2 unspecified atom stereocenters. The first-order chi connectivity index (χ1) is 28.8. The van der Waals surface area contributed by atoms with E-state index in [9.17, 15) is 0 Å². The van der Waals surface area contributed by atoms with Gasteiger partial charge in [0, 0.05) is 0 Å². The molecule has 2 atom stereocenters. The molecule has 0 aliphatic heterocycles. The van der Waals surface area contributed by atoms with Crippen LogP contribution in [-0.2, 0) is 17.4 Å². The van der Waals surface area contributed by atoms with Crippen LogP contribution in [0, 0.1) is 66.2 Å². The summed E-state index contributed by atoms with van der Waals surface area (Å²) in [5, 5.41) is 0. The maximum atomic E-state index is 2.86. The van der Waals surface area contributed by atoms with E-state index in [4.69, 9.17) is 0 Å². The Kier molecular flexibility index (Phi) is 13.5. The molecule has 64 heavy (non-hydrogen) atoms. The fraction of sp³-hybridized carbons (Fsp3) is 0.333. The van der Waals surface area contributed by atoms with E-state index in [2.05, 4.69) is 222 Å². The Morgan fingerprint density at radius 2 is 0.594 bits per heavy atom. The summed E-state index contributed by atoms with van der Waals surface area (Å²) in [7, 11) is 0. The summed E-state index contributed by atoms with van der Waals surface area (Å²) in [6.45, 7) is 35.5. The first kappa shape index (κ1) is 49.9. The average Bonchev–Trinajstić information content (AvgIpc) is 3.76. The van der Waals surface area contributed by atoms with Crippen LogP contribution in [0.25, 0.3) is 56.7 Å². The van der Waals surface area contributed by atoms with Gasteiger partial charge in [0.2, 0.25) is 0 Å². The van der Waals surface area contributed by atoms with Crippen LogP contribution in [0.2, 0.25) is 9.26 Å². The van der Waals surface area contributed by atoms with Crippen molar-refractivity contribution in [3.63, 3.8) is 0 Å². The minimum absolute atomic E-state index is 0. The largest absolute Gasteiger partial charge is 0.147 e. The van der Waals surface area contributed by atoms with Crippen LogP contribution >= 0.6 is 24.8 Å². The number of rotatable bonds is 6. The standard InChI is InChI=1S/2C29H31.2CH3.2ClH.H2Si.Zr/c2*1-18-10-19(2)13-22(12-18)25-8-9-26(23-14-20(3)11-21(4)15-23)28-17-24(16-27(25)28)29(5,6)7;;;;;;/h2*8-17H,1-7H3;2*1H3;2*1H;1H2;. The predicted molar refractivity (Wildman–Crippen MR) is 288 cm³/mol. The SMILES string of the molecule is Cc1cc(C)cc(-c2ccc(-c3cc(C)cc(C)c3)c3c2C=C(C(C)(C)C)[CH]3[Zr]([CH3])([CH3])(=[SiH2])[CH]2C(C(C)(C)C)=Cc3c(-c4cc(C)cc(C)c4)ccc(-c4cc(C)cc(C)c4)c32)c1.Cl.Cl. The number of benzene rings is 6. The van der Waals surface area contributed by atoms with E-state index in [-0.39, 0.29) is 35.6 Å². The Bertz CT molecular complexity index is 2710. The Morgan fingerprint density at radius 1 is 0.375 bits per heavy atom. The Morgan fingerprint density at radius 3 is 0.828 bits per heavy atom. The summed E-state index contributed by atoms with van der Waals surface area (Å²) in [6, 6.07) is 38.6. The smallest absolute Gasteiger partial charge is 0.147 e. The zero-order valence-corrected chi connectivity index (χ0v) is 47.1. The maximum Gasteiger partial charge on any atom is -0.147 e. The van der Waals surface area contributed by atoms with E-state index in [1.807, 2.05) is 0 Å². The maximum absolute atomic E-state index is 4.37. The molecule has 6 aromatic rings. The molecule has 0 heterocycles. The van der Waals surface area contributed by atoms with Gasteiger partial charge < -0.3 is 0 Å². The first-order valence-corrected chi connectivity index (χ1v) is 36.7. The Labute approximate surface area is 401 Å². The van der Waals surface area contributed by atoms with Crippen molar-refractivity contribution < 1.29 is 17.4 Å². The van der Waals surface area contributed by atoms with Crippen LogP contribution in [0.15, 0.2) is 108 Å². The molecule has 0 spiro atoms. The van der Waals surface area contributed by atoms with Gasteiger partial charge in [-0.05, 0) is 0 Å². The molecule has 0 radical (unpaired) electrons. The van der Waals surface area contributed by atoms with Crippen molar-refractivity contribution in [3.05, 3.63) is 175 Å². The Hall–Kier alpha value is -3.52. The van der Waals surface area contributed by atoms with Gasteiger partial charge in [-0.2, -0.15) is 0 Å². The molecule has 0 bridgehead atoms. The third-order valence-corrected chi connectivity index (χ3v) is 31.2. The summed E-state index contributed by atoms with van der Waals surface area (Å²) in [5.41, 5.74) is 30.6. The van der Waals surface area contributed by atoms with E-state index in [0.29, 0.717) is 7.25 Å². The zero-order chi connectivity index (χ0) is 45.0. The minimum Gasteiger partial charge on any atom is -0.147 e. The van der Waals surface area contributed by atoms with Gasteiger partial charge in [0.05, 0.1) is 0 Å². The first-order valence-electron chi connectivity index (χ1n) is 23.0. The third kappa shape index (κ3) is 9.01. The molecule has 0 amide bonds. The molecule has 6 aromatic carbocycles. The molecule has 4 heteroatoms. The van der Waals surface area contributed by atoms with Crippen LogP contribution in [-0.4, -0.2) is 6.88 Å². The van der Waals surface area contributed by atoms with Crippen LogP contribution in [0.5, 0.6) is 0 Å². The van der Waals surface area contributed by atoms with Crippen molar-refractivity contribution >= 4 is 43.8 Å². The van der Waals surface area contributed by atoms with Gasteiger partial charge in [0.15, 0.2) is 0 Å². The summed E-state index contributed by atoms with van der Waals surface area (Å²) in [5.74, 6) is 0. The second-order valence-electron chi connectivity index (χ2n) is 23.0. The molecule has 8 rings (SSSR count). The van der Waals surface area contributed by atoms with Crippen LogP contribution < -0.4 is 0 Å². The number of hydrogen-bond acceptors (Lipinski definition) is 0. The molecule has 2 aliphatic rings. The van der Waals surface area contributed by atoms with E-state index in [1.54, 1.807) is 22.3 Å². The average molecular weight is 983 g/mol. The number of halogens is 2. The van der Waals surface area contributed by atoms with Crippen LogP contribution in [0.1, 0.15) is 116 Å². The fourth-order valence-corrected chi connectivity index (χ4v) is 31.5. The summed E-state index contributed by atoms with van der Waals surface area (Å²) < 4.78 is 6.35. The molecule has 2 aliphatic carbocycles. The molecule has 334 valence electrons. The van der Waals surface area contributed by atoms with Crippen LogP contribution in [0.3, 0.4) is 0 Å². The van der Waals surface area contributed by atoms with Crippen molar-refractivity contribution in [3.8, 4) is 44.5 Å². The molecular formula is C60H72Cl2SiZr. The summed E-state index contributed by atoms with van der Waals surface area (Å²) in [6.07, 6.45) is 5.39. The second-order valence-corrected chi connectivity index (χ2v) is 53.5. The van der Waals surface area contributed by atoms with E-state index in [0.717, 1.165) is 0 Å². The van der Waals surface area contributed by atoms with Gasteiger partial charge in [-0.3, -0.25) is 0 Å². The number of fused-ring (bicyclic) bond motifs is 2. The number of hydrogen-bond donors (Lipinski definition) is 0. The normalized spacial score (nSPS) is 16.1. The molecule has 0 aromatic heterocycles. The molecule has 0 nitrogen and oxygen atoms in total. The fourth-order valence-electron chi connectivity index (χ4n) is 12.0. The molecule has 0 N–H and O–H groups in total. The van der Waals surface area contributed by atoms with E-state index < -0.39 is 17.4 Å². The molecule has 0 fully saturated rings. The van der Waals surface area contributed by atoms with Gasteiger partial charge in [0.25, 0.3) is 0 Å². The minimum atomic E-state index is -4.37. The van der Waals surface area contributed by atoms with Gasteiger partial charge in [-0.15, -0.1) is 24.8 Å². The third-order valence-electron chi connectivity index (χ3n) is 14.1. The second kappa shape index (κ2) is 17.3. The van der Waals surface area contributed by atoms with E-state index in [1.165, 1.54) is 100 Å². The van der Waals surface area contributed by atoms with Gasteiger partial charge in [-0.1, -0.05) is 0 Å².